The first kappa shape index (κ1) is 16.9. The van der Waals surface area contributed by atoms with Crippen molar-refractivity contribution in [1.29, 1.82) is 0 Å². The van der Waals surface area contributed by atoms with Gasteiger partial charge in [0.2, 0.25) is 11.9 Å². The van der Waals surface area contributed by atoms with Gasteiger partial charge in [-0.2, -0.15) is 0 Å². The van der Waals surface area contributed by atoms with Gasteiger partial charge in [0.1, 0.15) is 11.3 Å². The quantitative estimate of drug-likeness (QED) is 0.741. The molecule has 2 aromatic heterocycles. The molecule has 130 valence electrons. The van der Waals surface area contributed by atoms with Crippen molar-refractivity contribution in [2.75, 3.05) is 11.9 Å². The number of benzene rings is 1. The molecule has 0 radical (unpaired) electrons. The van der Waals surface area contributed by atoms with Crippen molar-refractivity contribution < 1.29 is 4.74 Å². The maximum atomic E-state index is 11.8. The van der Waals surface area contributed by atoms with Gasteiger partial charge in [-0.05, 0) is 25.8 Å². The van der Waals surface area contributed by atoms with Gasteiger partial charge in [-0.1, -0.05) is 26.0 Å². The summed E-state index contributed by atoms with van der Waals surface area (Å²) in [6.07, 6.45) is 0. The number of rotatable bonds is 5. The normalized spacial score (nSPS) is 11.1. The van der Waals surface area contributed by atoms with Crippen LogP contribution in [0, 0.1) is 6.92 Å². The SMILES string of the molecule is CCOc1cccc2c(C)nc(Nc3nc(C(C)C)cc(=O)[nH]3)nc12. The summed E-state index contributed by atoms with van der Waals surface area (Å²) in [5.41, 5.74) is 2.03. The molecule has 0 aliphatic carbocycles. The van der Waals surface area contributed by atoms with Crippen LogP contribution in [0.5, 0.6) is 5.75 Å². The van der Waals surface area contributed by atoms with Crippen LogP contribution < -0.4 is 15.6 Å². The van der Waals surface area contributed by atoms with Crippen molar-refractivity contribution in [3.8, 4) is 5.75 Å². The van der Waals surface area contributed by atoms with Gasteiger partial charge in [0.15, 0.2) is 0 Å². The van der Waals surface area contributed by atoms with Crippen molar-refractivity contribution >= 4 is 22.8 Å². The van der Waals surface area contributed by atoms with E-state index in [-0.39, 0.29) is 11.5 Å². The smallest absolute Gasteiger partial charge is 0.252 e. The molecule has 2 N–H and O–H groups in total. The number of nitrogens with one attached hydrogen (secondary N) is 2. The number of hydrogen-bond acceptors (Lipinski definition) is 6. The predicted molar refractivity (Wildman–Crippen MR) is 97.7 cm³/mol. The maximum absolute atomic E-state index is 11.8. The van der Waals surface area contributed by atoms with Crippen LogP contribution in [-0.4, -0.2) is 26.5 Å². The highest BCUT2D eigenvalue weighted by molar-refractivity contribution is 5.87. The van der Waals surface area contributed by atoms with Crippen LogP contribution in [0.3, 0.4) is 0 Å². The first-order valence-electron chi connectivity index (χ1n) is 8.26. The van der Waals surface area contributed by atoms with Gasteiger partial charge >= 0.3 is 0 Å². The predicted octanol–water partition coefficient (Wildman–Crippen LogP) is 3.29. The Morgan fingerprint density at radius 1 is 1.24 bits per heavy atom. The van der Waals surface area contributed by atoms with E-state index in [0.717, 1.165) is 16.6 Å². The Labute approximate surface area is 145 Å². The van der Waals surface area contributed by atoms with Gasteiger partial charge in [-0.15, -0.1) is 0 Å². The zero-order chi connectivity index (χ0) is 18.0. The fraction of sp³-hybridized carbons (Fsp3) is 0.333. The van der Waals surface area contributed by atoms with Gasteiger partial charge < -0.3 is 4.74 Å². The molecular weight excluding hydrogens is 318 g/mol. The molecule has 25 heavy (non-hydrogen) atoms. The number of ether oxygens (including phenoxy) is 1. The van der Waals surface area contributed by atoms with E-state index in [4.69, 9.17) is 4.74 Å². The number of hydrogen-bond donors (Lipinski definition) is 2. The third-order valence-corrected chi connectivity index (χ3v) is 3.76. The van der Waals surface area contributed by atoms with E-state index < -0.39 is 0 Å². The number of H-pyrrole nitrogens is 1. The van der Waals surface area contributed by atoms with Crippen LogP contribution in [0.2, 0.25) is 0 Å². The van der Waals surface area contributed by atoms with Crippen LogP contribution in [0.25, 0.3) is 10.9 Å². The molecular formula is C18H21N5O2. The van der Waals surface area contributed by atoms with Crippen molar-refractivity contribution in [3.63, 3.8) is 0 Å². The Balaban J connectivity index is 2.05. The lowest BCUT2D eigenvalue weighted by Gasteiger charge is -2.11. The van der Waals surface area contributed by atoms with Gasteiger partial charge in [-0.25, -0.2) is 15.0 Å². The van der Waals surface area contributed by atoms with E-state index in [9.17, 15) is 4.79 Å². The standard InChI is InChI=1S/C18H21N5O2/c1-5-25-14-8-6-7-12-11(4)19-17(22-16(12)14)23-18-20-13(10(2)3)9-15(24)21-18/h6-10H,5H2,1-4H3,(H2,19,20,21,22,23,24). The molecule has 0 atom stereocenters. The highest BCUT2D eigenvalue weighted by Crippen LogP contribution is 2.27. The minimum atomic E-state index is -0.214. The number of nitrogens with zero attached hydrogens (tertiary/aromatic N) is 3. The molecule has 0 aliphatic heterocycles. The van der Waals surface area contributed by atoms with Crippen molar-refractivity contribution in [2.24, 2.45) is 0 Å². The lowest BCUT2D eigenvalue weighted by molar-refractivity contribution is 0.343. The average molecular weight is 339 g/mol. The molecule has 0 fully saturated rings. The summed E-state index contributed by atoms with van der Waals surface area (Å²) in [5, 5.41) is 3.92. The maximum Gasteiger partial charge on any atom is 0.252 e. The Hall–Kier alpha value is -2.96. The summed E-state index contributed by atoms with van der Waals surface area (Å²) in [7, 11) is 0. The molecule has 0 aliphatic rings. The van der Waals surface area contributed by atoms with Crippen molar-refractivity contribution in [2.45, 2.75) is 33.6 Å². The van der Waals surface area contributed by atoms with Crippen LogP contribution >= 0.6 is 0 Å². The second kappa shape index (κ2) is 6.88. The molecule has 3 aromatic rings. The first-order chi connectivity index (χ1) is 12.0. The minimum Gasteiger partial charge on any atom is -0.492 e. The molecule has 0 unspecified atom stereocenters. The molecule has 7 nitrogen and oxygen atoms in total. The number of aromatic amines is 1. The lowest BCUT2D eigenvalue weighted by atomic mass is 10.1. The third-order valence-electron chi connectivity index (χ3n) is 3.76. The number of anilines is 2. The van der Waals surface area contributed by atoms with E-state index in [1.165, 1.54) is 6.07 Å². The molecule has 0 bridgehead atoms. The monoisotopic (exact) mass is 339 g/mol. The molecule has 0 saturated carbocycles. The molecule has 2 heterocycles. The van der Waals surface area contributed by atoms with Gasteiger partial charge in [-0.3, -0.25) is 15.1 Å². The minimum absolute atomic E-state index is 0.145. The molecule has 7 heteroatoms. The van der Waals surface area contributed by atoms with E-state index in [2.05, 4.69) is 25.3 Å². The fourth-order valence-corrected chi connectivity index (χ4v) is 2.54. The van der Waals surface area contributed by atoms with Gasteiger partial charge in [0, 0.05) is 11.5 Å². The third kappa shape index (κ3) is 3.60. The molecule has 0 amide bonds. The van der Waals surface area contributed by atoms with Crippen LogP contribution in [-0.2, 0) is 0 Å². The summed E-state index contributed by atoms with van der Waals surface area (Å²) in [6, 6.07) is 7.25. The summed E-state index contributed by atoms with van der Waals surface area (Å²) in [4.78, 5) is 27.9. The van der Waals surface area contributed by atoms with E-state index in [0.29, 0.717) is 29.9 Å². The Morgan fingerprint density at radius 3 is 2.76 bits per heavy atom. The van der Waals surface area contributed by atoms with Crippen molar-refractivity contribution in [3.05, 3.63) is 46.0 Å². The second-order valence-corrected chi connectivity index (χ2v) is 6.02. The average Bonchev–Trinajstić information content (AvgIpc) is 2.55. The molecule has 0 saturated heterocycles. The van der Waals surface area contributed by atoms with Crippen LogP contribution in [0.4, 0.5) is 11.9 Å². The summed E-state index contributed by atoms with van der Waals surface area (Å²) >= 11 is 0. The summed E-state index contributed by atoms with van der Waals surface area (Å²) < 4.78 is 5.66. The Morgan fingerprint density at radius 2 is 2.04 bits per heavy atom. The van der Waals surface area contributed by atoms with E-state index in [1.54, 1.807) is 0 Å². The largest absolute Gasteiger partial charge is 0.492 e. The fourth-order valence-electron chi connectivity index (χ4n) is 2.54. The summed E-state index contributed by atoms with van der Waals surface area (Å²) in [6.45, 7) is 8.35. The van der Waals surface area contributed by atoms with Crippen molar-refractivity contribution in [1.82, 2.24) is 19.9 Å². The number of para-hydroxylation sites is 1. The van der Waals surface area contributed by atoms with Crippen LogP contribution in [0.1, 0.15) is 38.1 Å². The lowest BCUT2D eigenvalue weighted by Crippen LogP contribution is -2.14. The molecule has 1 aromatic carbocycles. The second-order valence-electron chi connectivity index (χ2n) is 6.02. The molecule has 0 spiro atoms. The van der Waals surface area contributed by atoms with Crippen LogP contribution in [0.15, 0.2) is 29.1 Å². The zero-order valence-corrected chi connectivity index (χ0v) is 14.8. The number of aryl methyl sites for hydroxylation is 1. The topological polar surface area (TPSA) is 92.8 Å². The van der Waals surface area contributed by atoms with Gasteiger partial charge in [0.25, 0.3) is 5.56 Å². The molecule has 3 rings (SSSR count). The number of fused-ring (bicyclic) bond motifs is 1. The highest BCUT2D eigenvalue weighted by Gasteiger charge is 2.11. The van der Waals surface area contributed by atoms with Gasteiger partial charge in [0.05, 0.1) is 18.0 Å². The Bertz CT molecular complexity index is 965. The van der Waals surface area contributed by atoms with E-state index >= 15 is 0 Å². The Kier molecular flexibility index (Phi) is 4.65. The highest BCUT2D eigenvalue weighted by atomic mass is 16.5. The zero-order valence-electron chi connectivity index (χ0n) is 14.8. The first-order valence-corrected chi connectivity index (χ1v) is 8.26. The summed E-state index contributed by atoms with van der Waals surface area (Å²) in [5.74, 6) is 1.53. The van der Waals surface area contributed by atoms with E-state index in [1.807, 2.05) is 45.9 Å². The number of aromatic nitrogens is 4.